The van der Waals surface area contributed by atoms with Crippen molar-refractivity contribution < 1.29 is 4.79 Å². The molecule has 0 spiro atoms. The number of benzene rings is 2. The van der Waals surface area contributed by atoms with Gasteiger partial charge in [-0.15, -0.1) is 0 Å². The summed E-state index contributed by atoms with van der Waals surface area (Å²) >= 11 is 5.97. The molecule has 0 aliphatic rings. The van der Waals surface area contributed by atoms with E-state index >= 15 is 0 Å². The fourth-order valence-corrected chi connectivity index (χ4v) is 2.76. The highest BCUT2D eigenvalue weighted by atomic mass is 35.5. The molecule has 2 aromatic carbocycles. The summed E-state index contributed by atoms with van der Waals surface area (Å²) in [5.41, 5.74) is 3.19. The Hall–Kier alpha value is -1.84. The Balaban J connectivity index is 2.11. The number of hydrogen-bond acceptors (Lipinski definition) is 2. The lowest BCUT2D eigenvalue weighted by Gasteiger charge is -2.23. The lowest BCUT2D eigenvalue weighted by Crippen LogP contribution is -2.24. The van der Waals surface area contributed by atoms with Crippen LogP contribution in [0.4, 0.5) is 5.69 Å². The molecule has 2 unspecified atom stereocenters. The normalized spacial score (nSPS) is 13.4. The Labute approximate surface area is 143 Å². The molecule has 0 bridgehead atoms. The summed E-state index contributed by atoms with van der Waals surface area (Å²) < 4.78 is 0. The SMILES string of the molecule is CCC(NC(C)c1cccc(NC(C)=O)c1)c1ccc(Cl)cc1. The van der Waals surface area contributed by atoms with Gasteiger partial charge in [0.15, 0.2) is 0 Å². The molecule has 1 amide bonds. The van der Waals surface area contributed by atoms with Gasteiger partial charge in [0.25, 0.3) is 0 Å². The number of rotatable bonds is 6. The summed E-state index contributed by atoms with van der Waals surface area (Å²) in [4.78, 5) is 11.2. The van der Waals surface area contributed by atoms with E-state index in [4.69, 9.17) is 11.6 Å². The van der Waals surface area contributed by atoms with Crippen LogP contribution in [0.5, 0.6) is 0 Å². The summed E-state index contributed by atoms with van der Waals surface area (Å²) in [5, 5.41) is 7.22. The van der Waals surface area contributed by atoms with Crippen molar-refractivity contribution in [2.24, 2.45) is 0 Å². The highest BCUT2D eigenvalue weighted by Gasteiger charge is 2.14. The second-order valence-electron chi connectivity index (χ2n) is 5.71. The number of nitrogens with one attached hydrogen (secondary N) is 2. The molecule has 0 saturated heterocycles. The van der Waals surface area contributed by atoms with E-state index in [0.29, 0.717) is 0 Å². The van der Waals surface area contributed by atoms with E-state index < -0.39 is 0 Å². The van der Waals surface area contributed by atoms with E-state index in [1.807, 2.05) is 30.3 Å². The van der Waals surface area contributed by atoms with Gasteiger partial charge < -0.3 is 10.6 Å². The lowest BCUT2D eigenvalue weighted by atomic mass is 10.0. The molecule has 0 fully saturated rings. The van der Waals surface area contributed by atoms with Crippen LogP contribution >= 0.6 is 11.6 Å². The first kappa shape index (κ1) is 17.5. The molecule has 23 heavy (non-hydrogen) atoms. The largest absolute Gasteiger partial charge is 0.326 e. The van der Waals surface area contributed by atoms with E-state index in [1.54, 1.807) is 0 Å². The maximum atomic E-state index is 11.2. The van der Waals surface area contributed by atoms with Crippen LogP contribution in [-0.2, 0) is 4.79 Å². The van der Waals surface area contributed by atoms with E-state index in [0.717, 1.165) is 22.7 Å². The standard InChI is InChI=1S/C19H23ClN2O/c1-4-19(15-8-10-17(20)11-9-15)21-13(2)16-6-5-7-18(12-16)22-14(3)23/h5-13,19,21H,4H2,1-3H3,(H,22,23). The summed E-state index contributed by atoms with van der Waals surface area (Å²) in [6.07, 6.45) is 0.983. The van der Waals surface area contributed by atoms with Gasteiger partial charge in [-0.1, -0.05) is 42.8 Å². The van der Waals surface area contributed by atoms with Gasteiger partial charge in [0.2, 0.25) is 5.91 Å². The van der Waals surface area contributed by atoms with Crippen LogP contribution in [0.3, 0.4) is 0 Å². The number of carbonyl (C=O) groups excluding carboxylic acids is 1. The van der Waals surface area contributed by atoms with E-state index in [1.165, 1.54) is 12.5 Å². The second kappa shape index (κ2) is 8.14. The van der Waals surface area contributed by atoms with Crippen LogP contribution in [0, 0.1) is 0 Å². The zero-order valence-corrected chi connectivity index (χ0v) is 14.5. The average Bonchev–Trinajstić information content (AvgIpc) is 2.53. The van der Waals surface area contributed by atoms with Crippen LogP contribution < -0.4 is 10.6 Å². The third-order valence-corrected chi connectivity index (χ3v) is 4.09. The minimum absolute atomic E-state index is 0.0599. The van der Waals surface area contributed by atoms with E-state index in [-0.39, 0.29) is 18.0 Å². The Morgan fingerprint density at radius 1 is 1.13 bits per heavy atom. The Bertz CT molecular complexity index is 655. The molecule has 2 rings (SSSR count). The monoisotopic (exact) mass is 330 g/mol. The van der Waals surface area contributed by atoms with Crippen molar-refractivity contribution in [1.82, 2.24) is 5.32 Å². The van der Waals surface area contributed by atoms with Gasteiger partial charge in [0.05, 0.1) is 0 Å². The summed E-state index contributed by atoms with van der Waals surface area (Å²) in [6.45, 7) is 5.81. The number of carbonyl (C=O) groups is 1. The maximum absolute atomic E-state index is 11.2. The van der Waals surface area contributed by atoms with E-state index in [9.17, 15) is 4.79 Å². The van der Waals surface area contributed by atoms with Crippen LogP contribution in [-0.4, -0.2) is 5.91 Å². The predicted octanol–water partition coefficient (Wildman–Crippen LogP) is 5.10. The molecule has 3 nitrogen and oxygen atoms in total. The lowest BCUT2D eigenvalue weighted by molar-refractivity contribution is -0.114. The summed E-state index contributed by atoms with van der Waals surface area (Å²) in [7, 11) is 0. The van der Waals surface area contributed by atoms with Crippen LogP contribution in [0.2, 0.25) is 5.02 Å². The van der Waals surface area contributed by atoms with Crippen molar-refractivity contribution in [3.63, 3.8) is 0 Å². The topological polar surface area (TPSA) is 41.1 Å². The van der Waals surface area contributed by atoms with Crippen molar-refractivity contribution in [2.45, 2.75) is 39.3 Å². The molecule has 0 saturated carbocycles. The van der Waals surface area contributed by atoms with Crippen molar-refractivity contribution in [3.8, 4) is 0 Å². The Morgan fingerprint density at radius 3 is 2.43 bits per heavy atom. The molecule has 0 heterocycles. The molecule has 0 radical (unpaired) electrons. The smallest absolute Gasteiger partial charge is 0.221 e. The predicted molar refractivity (Wildman–Crippen MR) is 96.8 cm³/mol. The molecule has 2 N–H and O–H groups in total. The fourth-order valence-electron chi connectivity index (χ4n) is 2.63. The van der Waals surface area contributed by atoms with Crippen molar-refractivity contribution in [3.05, 3.63) is 64.7 Å². The van der Waals surface area contributed by atoms with Crippen LogP contribution in [0.1, 0.15) is 50.4 Å². The van der Waals surface area contributed by atoms with Gasteiger partial charge >= 0.3 is 0 Å². The van der Waals surface area contributed by atoms with Crippen LogP contribution in [0.15, 0.2) is 48.5 Å². The Kier molecular flexibility index (Phi) is 6.20. The molecule has 0 aliphatic carbocycles. The molecule has 2 atom stereocenters. The highest BCUT2D eigenvalue weighted by Crippen LogP contribution is 2.24. The average molecular weight is 331 g/mol. The molecular formula is C19H23ClN2O. The maximum Gasteiger partial charge on any atom is 0.221 e. The van der Waals surface area contributed by atoms with Crippen molar-refractivity contribution >= 4 is 23.2 Å². The summed E-state index contributed by atoms with van der Waals surface area (Å²) in [6, 6.07) is 16.3. The number of amides is 1. The minimum Gasteiger partial charge on any atom is -0.326 e. The first-order valence-corrected chi connectivity index (χ1v) is 8.26. The highest BCUT2D eigenvalue weighted by molar-refractivity contribution is 6.30. The molecule has 4 heteroatoms. The van der Waals surface area contributed by atoms with Gasteiger partial charge in [-0.25, -0.2) is 0 Å². The van der Waals surface area contributed by atoms with Crippen molar-refractivity contribution in [1.29, 1.82) is 0 Å². The van der Waals surface area contributed by atoms with E-state index in [2.05, 4.69) is 42.7 Å². The zero-order chi connectivity index (χ0) is 16.8. The van der Waals surface area contributed by atoms with Gasteiger partial charge in [0, 0.05) is 29.7 Å². The molecule has 122 valence electrons. The van der Waals surface area contributed by atoms with Crippen molar-refractivity contribution in [2.75, 3.05) is 5.32 Å². The zero-order valence-electron chi connectivity index (χ0n) is 13.8. The fraction of sp³-hybridized carbons (Fsp3) is 0.316. The third kappa shape index (κ3) is 5.08. The van der Waals surface area contributed by atoms with Gasteiger partial charge in [0.1, 0.15) is 0 Å². The quantitative estimate of drug-likeness (QED) is 0.773. The van der Waals surface area contributed by atoms with Crippen LogP contribution in [0.25, 0.3) is 0 Å². The molecule has 0 aromatic heterocycles. The number of halogens is 1. The van der Waals surface area contributed by atoms with Gasteiger partial charge in [-0.05, 0) is 48.7 Å². The van der Waals surface area contributed by atoms with Gasteiger partial charge in [-0.2, -0.15) is 0 Å². The minimum atomic E-state index is -0.0599. The first-order chi connectivity index (χ1) is 11.0. The molecule has 2 aromatic rings. The number of anilines is 1. The molecular weight excluding hydrogens is 308 g/mol. The second-order valence-corrected chi connectivity index (χ2v) is 6.14. The summed E-state index contributed by atoms with van der Waals surface area (Å²) in [5.74, 6) is -0.0599. The first-order valence-electron chi connectivity index (χ1n) is 7.88. The third-order valence-electron chi connectivity index (χ3n) is 3.84. The molecule has 0 aliphatic heterocycles. The Morgan fingerprint density at radius 2 is 1.83 bits per heavy atom. The van der Waals surface area contributed by atoms with Gasteiger partial charge in [-0.3, -0.25) is 4.79 Å². The number of hydrogen-bond donors (Lipinski definition) is 2.